The first kappa shape index (κ1) is 15.4. The number of hydrogen-bond donors (Lipinski definition) is 1. The van der Waals surface area contributed by atoms with Gasteiger partial charge in [0.15, 0.2) is 11.5 Å². The van der Waals surface area contributed by atoms with Gasteiger partial charge in [0.2, 0.25) is 0 Å². The molecule has 1 amide bonds. The van der Waals surface area contributed by atoms with Gasteiger partial charge < -0.3 is 20.1 Å². The van der Waals surface area contributed by atoms with Gasteiger partial charge in [-0.05, 0) is 31.0 Å². The van der Waals surface area contributed by atoms with Crippen LogP contribution in [0.3, 0.4) is 0 Å². The Labute approximate surface area is 144 Å². The first-order valence-electron chi connectivity index (χ1n) is 8.11. The zero-order valence-corrected chi connectivity index (χ0v) is 14.1. The van der Waals surface area contributed by atoms with Crippen LogP contribution in [0.15, 0.2) is 23.6 Å². The van der Waals surface area contributed by atoms with E-state index >= 15 is 0 Å². The average Bonchev–Trinajstić information content (AvgIpc) is 3.11. The molecule has 7 heteroatoms. The summed E-state index contributed by atoms with van der Waals surface area (Å²) in [6, 6.07) is 5.81. The molecule has 126 valence electrons. The summed E-state index contributed by atoms with van der Waals surface area (Å²) in [6.45, 7) is 2.48. The second-order valence-corrected chi connectivity index (χ2v) is 6.91. The molecule has 0 radical (unpaired) electrons. The molecule has 0 aliphatic carbocycles. The summed E-state index contributed by atoms with van der Waals surface area (Å²) in [5.41, 5.74) is 7.38. The molecule has 1 saturated heterocycles. The van der Waals surface area contributed by atoms with Gasteiger partial charge in [-0.1, -0.05) is 0 Å². The van der Waals surface area contributed by atoms with Gasteiger partial charge in [-0.3, -0.25) is 4.79 Å². The third-order valence-corrected chi connectivity index (χ3v) is 5.15. The fraction of sp³-hybridized carbons (Fsp3) is 0.412. The molecule has 2 aliphatic heterocycles. The standard InChI is InChI=1S/C17H19N3O3S/c18-12-2-1-5-20(9-12)17(21)13-10-24-16(19-13)11-3-4-14-15(8-11)23-7-6-22-14/h3-4,8,10,12H,1-2,5-7,9,18H2. The highest BCUT2D eigenvalue weighted by Gasteiger charge is 2.24. The van der Waals surface area contributed by atoms with Crippen LogP contribution in [-0.4, -0.2) is 48.1 Å². The third-order valence-electron chi connectivity index (χ3n) is 4.26. The van der Waals surface area contributed by atoms with Gasteiger partial charge in [-0.25, -0.2) is 4.98 Å². The Morgan fingerprint density at radius 3 is 2.96 bits per heavy atom. The number of amides is 1. The second kappa shape index (κ2) is 6.41. The van der Waals surface area contributed by atoms with E-state index in [0.29, 0.717) is 25.5 Å². The third kappa shape index (κ3) is 2.97. The van der Waals surface area contributed by atoms with Crippen LogP contribution in [0.1, 0.15) is 23.3 Å². The summed E-state index contributed by atoms with van der Waals surface area (Å²) in [7, 11) is 0. The number of benzene rings is 1. The number of ether oxygens (including phenoxy) is 2. The number of piperidine rings is 1. The maximum absolute atomic E-state index is 12.6. The van der Waals surface area contributed by atoms with Crippen molar-refractivity contribution in [3.8, 4) is 22.1 Å². The minimum atomic E-state index is -0.0369. The van der Waals surface area contributed by atoms with Crippen LogP contribution in [0, 0.1) is 0 Å². The molecule has 4 rings (SSSR count). The fourth-order valence-electron chi connectivity index (χ4n) is 3.04. The van der Waals surface area contributed by atoms with Gasteiger partial charge in [0.1, 0.15) is 23.9 Å². The monoisotopic (exact) mass is 345 g/mol. The summed E-state index contributed by atoms with van der Waals surface area (Å²) in [6.07, 6.45) is 1.93. The number of rotatable bonds is 2. The Kier molecular flexibility index (Phi) is 4.12. The van der Waals surface area contributed by atoms with Crippen molar-refractivity contribution in [2.24, 2.45) is 5.73 Å². The summed E-state index contributed by atoms with van der Waals surface area (Å²) < 4.78 is 11.1. The predicted molar refractivity (Wildman–Crippen MR) is 91.7 cm³/mol. The summed E-state index contributed by atoms with van der Waals surface area (Å²) >= 11 is 1.46. The van der Waals surface area contributed by atoms with E-state index in [1.54, 1.807) is 4.90 Å². The van der Waals surface area contributed by atoms with Crippen LogP contribution >= 0.6 is 11.3 Å². The molecule has 6 nitrogen and oxygen atoms in total. The zero-order chi connectivity index (χ0) is 16.5. The van der Waals surface area contributed by atoms with Gasteiger partial charge in [0, 0.05) is 30.1 Å². The Bertz CT molecular complexity index is 761. The molecule has 1 atom stereocenters. The molecular formula is C17H19N3O3S. The molecule has 1 fully saturated rings. The van der Waals surface area contributed by atoms with E-state index in [0.717, 1.165) is 41.5 Å². The van der Waals surface area contributed by atoms with Crippen molar-refractivity contribution in [2.75, 3.05) is 26.3 Å². The topological polar surface area (TPSA) is 77.7 Å². The van der Waals surface area contributed by atoms with Gasteiger partial charge in [-0.2, -0.15) is 0 Å². The average molecular weight is 345 g/mol. The maximum Gasteiger partial charge on any atom is 0.273 e. The van der Waals surface area contributed by atoms with Crippen LogP contribution in [0.4, 0.5) is 0 Å². The van der Waals surface area contributed by atoms with Crippen molar-refractivity contribution in [3.63, 3.8) is 0 Å². The maximum atomic E-state index is 12.6. The fourth-order valence-corrected chi connectivity index (χ4v) is 3.83. The van der Waals surface area contributed by atoms with E-state index in [1.165, 1.54) is 11.3 Å². The lowest BCUT2D eigenvalue weighted by atomic mass is 10.1. The zero-order valence-electron chi connectivity index (χ0n) is 13.2. The van der Waals surface area contributed by atoms with Crippen molar-refractivity contribution < 1.29 is 14.3 Å². The Hall–Kier alpha value is -2.12. The van der Waals surface area contributed by atoms with E-state index in [1.807, 2.05) is 23.6 Å². The number of nitrogens with zero attached hydrogens (tertiary/aromatic N) is 2. The quantitative estimate of drug-likeness (QED) is 0.902. The highest BCUT2D eigenvalue weighted by Crippen LogP contribution is 2.35. The van der Waals surface area contributed by atoms with Crippen LogP contribution in [0.25, 0.3) is 10.6 Å². The molecule has 2 N–H and O–H groups in total. The van der Waals surface area contributed by atoms with Gasteiger partial charge >= 0.3 is 0 Å². The van der Waals surface area contributed by atoms with Crippen LogP contribution < -0.4 is 15.2 Å². The number of nitrogens with two attached hydrogens (primary N) is 1. The smallest absolute Gasteiger partial charge is 0.273 e. The molecule has 1 aromatic heterocycles. The normalized spacial score (nSPS) is 20.0. The number of likely N-dealkylation sites (tertiary alicyclic amines) is 1. The first-order valence-corrected chi connectivity index (χ1v) is 8.99. The summed E-state index contributed by atoms with van der Waals surface area (Å²) in [5.74, 6) is 1.44. The highest BCUT2D eigenvalue weighted by atomic mass is 32.1. The molecule has 0 spiro atoms. The number of hydrogen-bond acceptors (Lipinski definition) is 6. The van der Waals surface area contributed by atoms with Crippen molar-refractivity contribution >= 4 is 17.2 Å². The molecule has 3 heterocycles. The summed E-state index contributed by atoms with van der Waals surface area (Å²) in [4.78, 5) is 18.9. The predicted octanol–water partition coefficient (Wildman–Crippen LogP) is 2.14. The number of carbonyl (C=O) groups excluding carboxylic acids is 1. The first-order chi connectivity index (χ1) is 11.7. The minimum absolute atomic E-state index is 0.0369. The van der Waals surface area contributed by atoms with Gasteiger partial charge in [0.25, 0.3) is 5.91 Å². The Balaban J connectivity index is 1.55. The van der Waals surface area contributed by atoms with Crippen LogP contribution in [0.2, 0.25) is 0 Å². The number of thiazole rings is 1. The van der Waals surface area contributed by atoms with Gasteiger partial charge in [0.05, 0.1) is 0 Å². The van der Waals surface area contributed by atoms with E-state index < -0.39 is 0 Å². The molecule has 1 aromatic carbocycles. The Morgan fingerprint density at radius 1 is 1.29 bits per heavy atom. The molecule has 24 heavy (non-hydrogen) atoms. The van der Waals surface area contributed by atoms with Crippen LogP contribution in [0.5, 0.6) is 11.5 Å². The lowest BCUT2D eigenvalue weighted by molar-refractivity contribution is 0.0704. The van der Waals surface area contributed by atoms with Crippen molar-refractivity contribution in [3.05, 3.63) is 29.3 Å². The van der Waals surface area contributed by atoms with Crippen LogP contribution in [-0.2, 0) is 0 Å². The van der Waals surface area contributed by atoms with E-state index in [2.05, 4.69) is 4.98 Å². The number of fused-ring (bicyclic) bond motifs is 1. The molecule has 0 bridgehead atoms. The minimum Gasteiger partial charge on any atom is -0.486 e. The number of carbonyl (C=O) groups is 1. The lowest BCUT2D eigenvalue weighted by Crippen LogP contribution is -2.45. The Morgan fingerprint density at radius 2 is 2.12 bits per heavy atom. The number of aromatic nitrogens is 1. The summed E-state index contributed by atoms with van der Waals surface area (Å²) in [5, 5.41) is 2.62. The lowest BCUT2D eigenvalue weighted by Gasteiger charge is -2.30. The molecule has 0 saturated carbocycles. The van der Waals surface area contributed by atoms with Gasteiger partial charge in [-0.15, -0.1) is 11.3 Å². The molecular weight excluding hydrogens is 326 g/mol. The van der Waals surface area contributed by atoms with Crippen molar-refractivity contribution in [1.82, 2.24) is 9.88 Å². The largest absolute Gasteiger partial charge is 0.486 e. The SMILES string of the molecule is NC1CCCN(C(=O)c2csc(-c3ccc4c(c3)OCCO4)n2)C1. The van der Waals surface area contributed by atoms with Crippen molar-refractivity contribution in [2.45, 2.75) is 18.9 Å². The van der Waals surface area contributed by atoms with E-state index in [-0.39, 0.29) is 11.9 Å². The molecule has 1 unspecified atom stereocenters. The molecule has 2 aliphatic rings. The van der Waals surface area contributed by atoms with E-state index in [4.69, 9.17) is 15.2 Å². The van der Waals surface area contributed by atoms with Crippen molar-refractivity contribution in [1.29, 1.82) is 0 Å². The van der Waals surface area contributed by atoms with E-state index in [9.17, 15) is 4.79 Å². The molecule has 2 aromatic rings. The highest BCUT2D eigenvalue weighted by molar-refractivity contribution is 7.13. The second-order valence-electron chi connectivity index (χ2n) is 6.05.